The van der Waals surface area contributed by atoms with E-state index in [1.807, 2.05) is 6.07 Å². The fourth-order valence-electron chi connectivity index (χ4n) is 2.27. The van der Waals surface area contributed by atoms with Crippen molar-refractivity contribution in [2.75, 3.05) is 6.61 Å². The summed E-state index contributed by atoms with van der Waals surface area (Å²) in [6, 6.07) is 3.99. The molecule has 1 heterocycles. The van der Waals surface area contributed by atoms with Crippen molar-refractivity contribution in [2.24, 2.45) is 0 Å². The summed E-state index contributed by atoms with van der Waals surface area (Å²) < 4.78 is 5.76. The Kier molecular flexibility index (Phi) is 4.29. The minimum Gasteiger partial charge on any atom is -0.508 e. The highest BCUT2D eigenvalue weighted by molar-refractivity contribution is 5.49. The van der Waals surface area contributed by atoms with Crippen LogP contribution in [0, 0.1) is 0 Å². The van der Waals surface area contributed by atoms with Gasteiger partial charge in [0.2, 0.25) is 0 Å². The molecule has 0 amide bonds. The minimum atomic E-state index is 0.380. The molecule has 1 aromatic rings. The number of phenols is 1. The van der Waals surface area contributed by atoms with Gasteiger partial charge in [0.05, 0.1) is 0 Å². The molecule has 0 radical (unpaired) electrons. The van der Waals surface area contributed by atoms with Crippen LogP contribution >= 0.6 is 0 Å². The summed E-state index contributed by atoms with van der Waals surface area (Å²) in [7, 11) is 0. The van der Waals surface area contributed by atoms with Crippen molar-refractivity contribution in [3.63, 3.8) is 0 Å². The van der Waals surface area contributed by atoms with Crippen LogP contribution in [-0.4, -0.2) is 11.7 Å². The average Bonchev–Trinajstić information content (AvgIpc) is 2.53. The van der Waals surface area contributed by atoms with Gasteiger partial charge in [-0.05, 0) is 49.5 Å². The fraction of sp³-hybridized carbons (Fsp3) is 0.500. The summed E-state index contributed by atoms with van der Waals surface area (Å²) in [5.41, 5.74) is 3.32. The summed E-state index contributed by atoms with van der Waals surface area (Å²) in [6.45, 7) is 4.89. The van der Waals surface area contributed by atoms with E-state index in [2.05, 4.69) is 26.0 Å². The second kappa shape index (κ2) is 5.94. The van der Waals surface area contributed by atoms with Gasteiger partial charge in [-0.3, -0.25) is 0 Å². The first kappa shape index (κ1) is 13.0. The summed E-state index contributed by atoms with van der Waals surface area (Å²) >= 11 is 0. The maximum Gasteiger partial charge on any atom is 0.127 e. The monoisotopic (exact) mass is 246 g/mol. The predicted octanol–water partition coefficient (Wildman–Crippen LogP) is 4.01. The molecule has 0 unspecified atom stereocenters. The Morgan fingerprint density at radius 1 is 1.28 bits per heavy atom. The standard InChI is InChI=1S/C16H22O2/c1-3-4-5-6-13-9-15(17)14-8-7-12(2)11-18-16(14)10-13/h7,9-10,17H,3-6,8,11H2,1-2H3. The Hall–Kier alpha value is -1.44. The number of aromatic hydroxyl groups is 1. The number of fused-ring (bicyclic) bond motifs is 1. The molecule has 1 aromatic carbocycles. The van der Waals surface area contributed by atoms with E-state index in [1.54, 1.807) is 0 Å². The van der Waals surface area contributed by atoms with Crippen LogP contribution in [0.4, 0.5) is 0 Å². The molecule has 0 bridgehead atoms. The number of ether oxygens (including phenoxy) is 1. The van der Waals surface area contributed by atoms with Gasteiger partial charge in [-0.25, -0.2) is 0 Å². The van der Waals surface area contributed by atoms with Crippen LogP contribution in [0.2, 0.25) is 0 Å². The van der Waals surface area contributed by atoms with Crippen molar-refractivity contribution in [3.05, 3.63) is 34.9 Å². The van der Waals surface area contributed by atoms with Crippen molar-refractivity contribution in [2.45, 2.75) is 46.0 Å². The van der Waals surface area contributed by atoms with E-state index in [0.717, 1.165) is 24.2 Å². The fourth-order valence-corrected chi connectivity index (χ4v) is 2.27. The third-order valence-electron chi connectivity index (χ3n) is 3.42. The molecule has 0 aromatic heterocycles. The van der Waals surface area contributed by atoms with E-state index in [0.29, 0.717) is 12.4 Å². The molecule has 0 saturated carbocycles. The second-order valence-electron chi connectivity index (χ2n) is 5.09. The molecule has 0 saturated heterocycles. The van der Waals surface area contributed by atoms with Crippen molar-refractivity contribution >= 4 is 0 Å². The van der Waals surface area contributed by atoms with Crippen LogP contribution in [-0.2, 0) is 12.8 Å². The molecule has 0 aliphatic carbocycles. The van der Waals surface area contributed by atoms with E-state index >= 15 is 0 Å². The smallest absolute Gasteiger partial charge is 0.127 e. The number of hydrogen-bond donors (Lipinski definition) is 1. The zero-order valence-corrected chi connectivity index (χ0v) is 11.3. The SMILES string of the molecule is CCCCCc1cc(O)c2c(c1)OCC(C)=CC2. The third-order valence-corrected chi connectivity index (χ3v) is 3.42. The number of rotatable bonds is 4. The molecule has 0 fully saturated rings. The Balaban J connectivity index is 2.17. The maximum atomic E-state index is 10.1. The lowest BCUT2D eigenvalue weighted by atomic mass is 10.0. The number of allylic oxidation sites excluding steroid dienone is 1. The van der Waals surface area contributed by atoms with Crippen LogP contribution in [0.3, 0.4) is 0 Å². The number of benzene rings is 1. The van der Waals surface area contributed by atoms with E-state index in [4.69, 9.17) is 4.74 Å². The molecule has 1 N–H and O–H groups in total. The highest BCUT2D eigenvalue weighted by Gasteiger charge is 2.13. The van der Waals surface area contributed by atoms with Crippen LogP contribution in [0.25, 0.3) is 0 Å². The lowest BCUT2D eigenvalue weighted by Gasteiger charge is -2.12. The Labute approximate surface area is 109 Å². The molecule has 98 valence electrons. The van der Waals surface area contributed by atoms with Gasteiger partial charge in [0.25, 0.3) is 0 Å². The van der Waals surface area contributed by atoms with Gasteiger partial charge in [-0.1, -0.05) is 25.8 Å². The van der Waals surface area contributed by atoms with Gasteiger partial charge >= 0.3 is 0 Å². The van der Waals surface area contributed by atoms with Crippen molar-refractivity contribution < 1.29 is 9.84 Å². The molecule has 0 atom stereocenters. The van der Waals surface area contributed by atoms with Gasteiger partial charge in [0, 0.05) is 5.56 Å². The van der Waals surface area contributed by atoms with Crippen LogP contribution in [0.5, 0.6) is 11.5 Å². The van der Waals surface area contributed by atoms with Crippen LogP contribution < -0.4 is 4.74 Å². The van der Waals surface area contributed by atoms with E-state index in [9.17, 15) is 5.11 Å². The third kappa shape index (κ3) is 3.06. The van der Waals surface area contributed by atoms with Gasteiger partial charge in [0.1, 0.15) is 18.1 Å². The van der Waals surface area contributed by atoms with Gasteiger partial charge < -0.3 is 9.84 Å². The van der Waals surface area contributed by atoms with E-state index < -0.39 is 0 Å². The molecule has 2 nitrogen and oxygen atoms in total. The van der Waals surface area contributed by atoms with Gasteiger partial charge in [-0.15, -0.1) is 0 Å². The van der Waals surface area contributed by atoms with E-state index in [-0.39, 0.29) is 0 Å². The average molecular weight is 246 g/mol. The first-order chi connectivity index (χ1) is 8.70. The molecule has 1 aliphatic heterocycles. The summed E-state index contributed by atoms with van der Waals surface area (Å²) in [5, 5.41) is 10.1. The molecule has 0 spiro atoms. The normalized spacial score (nSPS) is 14.4. The number of phenolic OH excluding ortho intramolecular Hbond substituents is 1. The quantitative estimate of drug-likeness (QED) is 0.642. The number of hydrogen-bond acceptors (Lipinski definition) is 2. The lowest BCUT2D eigenvalue weighted by molar-refractivity contribution is 0.348. The van der Waals surface area contributed by atoms with Gasteiger partial charge in [0.15, 0.2) is 0 Å². The molecular formula is C16H22O2. The Bertz CT molecular complexity index is 447. The number of unbranched alkanes of at least 4 members (excludes halogenated alkanes) is 2. The Morgan fingerprint density at radius 2 is 2.11 bits per heavy atom. The van der Waals surface area contributed by atoms with Crippen molar-refractivity contribution in [3.8, 4) is 11.5 Å². The topological polar surface area (TPSA) is 29.5 Å². The molecule has 18 heavy (non-hydrogen) atoms. The first-order valence-electron chi connectivity index (χ1n) is 6.84. The predicted molar refractivity (Wildman–Crippen MR) is 74.3 cm³/mol. The highest BCUT2D eigenvalue weighted by atomic mass is 16.5. The van der Waals surface area contributed by atoms with Crippen LogP contribution in [0.15, 0.2) is 23.8 Å². The van der Waals surface area contributed by atoms with Crippen molar-refractivity contribution in [1.82, 2.24) is 0 Å². The molecule has 2 heteroatoms. The first-order valence-corrected chi connectivity index (χ1v) is 6.84. The molecule has 2 rings (SSSR count). The largest absolute Gasteiger partial charge is 0.508 e. The lowest BCUT2D eigenvalue weighted by Crippen LogP contribution is -1.99. The summed E-state index contributed by atoms with van der Waals surface area (Å²) in [6.07, 6.45) is 7.54. The molecular weight excluding hydrogens is 224 g/mol. The minimum absolute atomic E-state index is 0.380. The van der Waals surface area contributed by atoms with E-state index in [1.165, 1.54) is 30.4 Å². The highest BCUT2D eigenvalue weighted by Crippen LogP contribution is 2.33. The number of aryl methyl sites for hydroxylation is 1. The zero-order chi connectivity index (χ0) is 13.0. The van der Waals surface area contributed by atoms with Crippen LogP contribution in [0.1, 0.15) is 44.2 Å². The summed E-state index contributed by atoms with van der Waals surface area (Å²) in [5.74, 6) is 1.24. The zero-order valence-electron chi connectivity index (χ0n) is 11.3. The molecule has 1 aliphatic rings. The van der Waals surface area contributed by atoms with Gasteiger partial charge in [-0.2, -0.15) is 0 Å². The second-order valence-corrected chi connectivity index (χ2v) is 5.09. The maximum absolute atomic E-state index is 10.1. The van der Waals surface area contributed by atoms with Crippen molar-refractivity contribution in [1.29, 1.82) is 0 Å². The summed E-state index contributed by atoms with van der Waals surface area (Å²) in [4.78, 5) is 0. The Morgan fingerprint density at radius 3 is 2.89 bits per heavy atom.